The lowest BCUT2D eigenvalue weighted by Gasteiger charge is -2.32. The van der Waals surface area contributed by atoms with E-state index in [4.69, 9.17) is 4.74 Å². The normalized spacial score (nSPS) is 15.0. The molecule has 2 atom stereocenters. The monoisotopic (exact) mass is 502 g/mol. The van der Waals surface area contributed by atoms with Crippen LogP contribution in [0, 0.1) is 0 Å². The number of aliphatic carboxylic acids is 2. The largest absolute Gasteiger partial charge is 0.477 e. The Morgan fingerprint density at radius 2 is 0.714 bits per heavy atom. The molecule has 0 aliphatic carbocycles. The van der Waals surface area contributed by atoms with Crippen molar-refractivity contribution in [3.05, 3.63) is 0 Å². The Kier molecular flexibility index (Phi) is 20.3. The Morgan fingerprint density at radius 3 is 0.943 bits per heavy atom. The van der Waals surface area contributed by atoms with Gasteiger partial charge in [-0.1, -0.05) is 129 Å². The lowest BCUT2D eigenvalue weighted by molar-refractivity contribution is -0.321. The predicted octanol–water partition coefficient (Wildman–Crippen LogP) is 7.17. The third-order valence-corrected chi connectivity index (χ3v) is 6.74. The first kappa shape index (κ1) is 33.8. The molecule has 0 aliphatic rings. The number of aliphatic hydroxyl groups is 2. The van der Waals surface area contributed by atoms with Crippen molar-refractivity contribution in [1.29, 1.82) is 0 Å². The van der Waals surface area contributed by atoms with Crippen molar-refractivity contribution < 1.29 is 34.8 Å². The Bertz CT molecular complexity index is 493. The van der Waals surface area contributed by atoms with Crippen molar-refractivity contribution in [3.63, 3.8) is 0 Å². The highest BCUT2D eigenvalue weighted by Crippen LogP contribution is 2.28. The van der Waals surface area contributed by atoms with Crippen molar-refractivity contribution in [2.75, 3.05) is 0 Å². The minimum absolute atomic E-state index is 0.257. The van der Waals surface area contributed by atoms with E-state index in [0.717, 1.165) is 51.4 Å². The fourth-order valence-electron chi connectivity index (χ4n) is 4.39. The van der Waals surface area contributed by atoms with E-state index in [1.165, 1.54) is 64.2 Å². The van der Waals surface area contributed by atoms with Crippen molar-refractivity contribution >= 4 is 11.9 Å². The van der Waals surface area contributed by atoms with Gasteiger partial charge in [0.2, 0.25) is 0 Å². The zero-order chi connectivity index (χ0) is 26.4. The molecular formula is C28H54O7. The molecule has 0 aromatic rings. The molecule has 0 rings (SSSR count). The summed E-state index contributed by atoms with van der Waals surface area (Å²) in [5, 5.41) is 40.0. The first-order valence-corrected chi connectivity index (χ1v) is 14.3. The quantitative estimate of drug-likeness (QED) is 0.0729. The Morgan fingerprint density at radius 1 is 0.486 bits per heavy atom. The first-order chi connectivity index (χ1) is 16.7. The molecule has 4 N–H and O–H groups in total. The van der Waals surface area contributed by atoms with Gasteiger partial charge in [-0.25, -0.2) is 9.59 Å². The molecule has 35 heavy (non-hydrogen) atoms. The molecule has 0 saturated carbocycles. The van der Waals surface area contributed by atoms with Gasteiger partial charge in [0.15, 0.2) is 0 Å². The highest BCUT2D eigenvalue weighted by molar-refractivity contribution is 5.78. The second kappa shape index (κ2) is 21.0. The average molecular weight is 503 g/mol. The summed E-state index contributed by atoms with van der Waals surface area (Å²) in [7, 11) is 0. The van der Waals surface area contributed by atoms with E-state index in [1.54, 1.807) is 0 Å². The third kappa shape index (κ3) is 17.0. The van der Waals surface area contributed by atoms with Gasteiger partial charge in [-0.3, -0.25) is 4.74 Å². The van der Waals surface area contributed by atoms with Gasteiger partial charge in [-0.15, -0.1) is 0 Å². The molecule has 0 amide bonds. The molecule has 7 heteroatoms. The van der Waals surface area contributed by atoms with Crippen molar-refractivity contribution in [2.45, 2.75) is 167 Å². The molecule has 0 aromatic heterocycles. The average Bonchev–Trinajstić information content (AvgIpc) is 2.81. The van der Waals surface area contributed by atoms with Crippen LogP contribution in [-0.4, -0.2) is 43.9 Å². The van der Waals surface area contributed by atoms with Crippen LogP contribution in [0.2, 0.25) is 0 Å². The molecule has 0 bridgehead atoms. The molecule has 0 saturated heterocycles. The maximum absolute atomic E-state index is 11.7. The minimum atomic E-state index is -2.72. The number of carboxylic acids is 2. The second-order valence-corrected chi connectivity index (χ2v) is 10.1. The number of carbonyl (C=O) groups is 2. The maximum atomic E-state index is 11.7. The molecule has 0 aromatic carbocycles. The van der Waals surface area contributed by atoms with Crippen molar-refractivity contribution in [1.82, 2.24) is 0 Å². The summed E-state index contributed by atoms with van der Waals surface area (Å²) < 4.78 is 5.03. The third-order valence-electron chi connectivity index (χ3n) is 6.74. The number of hydrogen-bond acceptors (Lipinski definition) is 5. The molecule has 2 unspecified atom stereocenters. The fourth-order valence-corrected chi connectivity index (χ4v) is 4.39. The van der Waals surface area contributed by atoms with Crippen molar-refractivity contribution in [2.24, 2.45) is 0 Å². The Balaban J connectivity index is 4.32. The highest BCUT2D eigenvalue weighted by Gasteiger charge is 2.49. The van der Waals surface area contributed by atoms with Crippen LogP contribution in [-0.2, 0) is 14.3 Å². The Hall–Kier alpha value is -1.18. The van der Waals surface area contributed by atoms with Crippen molar-refractivity contribution in [3.8, 4) is 0 Å². The van der Waals surface area contributed by atoms with Crippen LogP contribution in [0.5, 0.6) is 0 Å². The van der Waals surface area contributed by atoms with Gasteiger partial charge in [0.25, 0.3) is 11.6 Å². The Labute approximate surface area is 213 Å². The summed E-state index contributed by atoms with van der Waals surface area (Å²) in [4.78, 5) is 23.4. The second-order valence-electron chi connectivity index (χ2n) is 10.1. The fraction of sp³-hybridized carbons (Fsp3) is 0.929. The lowest BCUT2D eigenvalue weighted by atomic mass is 10.0. The van der Waals surface area contributed by atoms with E-state index in [2.05, 4.69) is 13.8 Å². The van der Waals surface area contributed by atoms with E-state index in [0.29, 0.717) is 12.8 Å². The van der Waals surface area contributed by atoms with E-state index in [-0.39, 0.29) is 12.8 Å². The zero-order valence-electron chi connectivity index (χ0n) is 22.6. The van der Waals surface area contributed by atoms with Gasteiger partial charge >= 0.3 is 11.9 Å². The number of ether oxygens (including phenoxy) is 1. The molecular weight excluding hydrogens is 448 g/mol. The highest BCUT2D eigenvalue weighted by atomic mass is 16.7. The molecule has 0 spiro atoms. The van der Waals surface area contributed by atoms with Crippen LogP contribution in [0.4, 0.5) is 0 Å². The topological polar surface area (TPSA) is 124 Å². The van der Waals surface area contributed by atoms with Gasteiger partial charge in [-0.05, 0) is 12.8 Å². The van der Waals surface area contributed by atoms with Gasteiger partial charge < -0.3 is 20.4 Å². The lowest BCUT2D eigenvalue weighted by Crippen LogP contribution is -2.53. The SMILES string of the molecule is CCCCCCCCCCCCC(O)(OC(O)(CCCCCCCCCCCC)C(=O)O)C(=O)O. The first-order valence-electron chi connectivity index (χ1n) is 14.3. The standard InChI is InChI=1S/C28H54O7/c1-3-5-7-9-11-13-15-17-19-21-23-27(33,25(29)30)35-28(34,26(31)32)24-22-20-18-16-14-12-10-8-6-4-2/h33-34H,3-24H2,1-2H3,(H,29,30)(H,31,32). The summed E-state index contributed by atoms with van der Waals surface area (Å²) in [6, 6.07) is 0. The molecule has 208 valence electrons. The smallest absolute Gasteiger partial charge is 0.364 e. The number of hydrogen-bond donors (Lipinski definition) is 4. The van der Waals surface area contributed by atoms with Gasteiger partial charge in [0.05, 0.1) is 0 Å². The van der Waals surface area contributed by atoms with Crippen LogP contribution in [0.15, 0.2) is 0 Å². The number of unbranched alkanes of at least 4 members (excludes halogenated alkanes) is 18. The van der Waals surface area contributed by atoms with Crippen LogP contribution in [0.1, 0.15) is 155 Å². The zero-order valence-corrected chi connectivity index (χ0v) is 22.6. The summed E-state index contributed by atoms with van der Waals surface area (Å²) in [5.41, 5.74) is 0. The maximum Gasteiger partial charge on any atom is 0.364 e. The van der Waals surface area contributed by atoms with E-state index >= 15 is 0 Å². The van der Waals surface area contributed by atoms with Crippen LogP contribution in [0.25, 0.3) is 0 Å². The molecule has 0 heterocycles. The van der Waals surface area contributed by atoms with E-state index < -0.39 is 23.5 Å². The molecule has 0 aliphatic heterocycles. The summed E-state index contributed by atoms with van der Waals surface area (Å²) >= 11 is 0. The summed E-state index contributed by atoms with van der Waals surface area (Å²) in [6.07, 6.45) is 20.3. The number of carboxylic acid groups (broad SMARTS) is 2. The van der Waals surface area contributed by atoms with Gasteiger partial charge in [-0.2, -0.15) is 0 Å². The predicted molar refractivity (Wildman–Crippen MR) is 139 cm³/mol. The molecule has 0 radical (unpaired) electrons. The van der Waals surface area contributed by atoms with Gasteiger partial charge in [0, 0.05) is 12.8 Å². The van der Waals surface area contributed by atoms with E-state index in [9.17, 15) is 30.0 Å². The molecule has 0 fully saturated rings. The minimum Gasteiger partial charge on any atom is -0.477 e. The summed E-state index contributed by atoms with van der Waals surface area (Å²) in [6.45, 7) is 4.38. The summed E-state index contributed by atoms with van der Waals surface area (Å²) in [5.74, 6) is -8.77. The van der Waals surface area contributed by atoms with Crippen LogP contribution >= 0.6 is 0 Å². The van der Waals surface area contributed by atoms with Gasteiger partial charge in [0.1, 0.15) is 0 Å². The van der Waals surface area contributed by atoms with E-state index in [1.807, 2.05) is 0 Å². The van der Waals surface area contributed by atoms with Crippen LogP contribution in [0.3, 0.4) is 0 Å². The van der Waals surface area contributed by atoms with Crippen LogP contribution < -0.4 is 0 Å². The number of rotatable bonds is 26. The molecule has 7 nitrogen and oxygen atoms in total.